The maximum atomic E-state index is 11.3. The van der Waals surface area contributed by atoms with Gasteiger partial charge in [-0.1, -0.05) is 23.4 Å². The topological polar surface area (TPSA) is 72.6 Å². The monoisotopic (exact) mass is 230 g/mol. The van der Waals surface area contributed by atoms with Crippen molar-refractivity contribution in [2.24, 2.45) is 4.99 Å². The lowest BCUT2D eigenvalue weighted by atomic mass is 10.1. The van der Waals surface area contributed by atoms with E-state index in [0.717, 1.165) is 11.8 Å². The third kappa shape index (κ3) is 1.27. The number of nitro groups is 1. The fraction of sp³-hybridized carbons (Fsp3) is 0.143. The van der Waals surface area contributed by atoms with E-state index in [2.05, 4.69) is 4.99 Å². The van der Waals surface area contributed by atoms with Crippen LogP contribution in [0, 0.1) is 10.1 Å². The fourth-order valence-corrected chi connectivity index (χ4v) is 2.59. The number of allylic oxidation sites excluding steroid dienone is 1. The van der Waals surface area contributed by atoms with Crippen LogP contribution in [0.5, 0.6) is 0 Å². The minimum atomic E-state index is -0.831. The van der Waals surface area contributed by atoms with Gasteiger partial charge >= 0.3 is 0 Å². The second-order valence-electron chi connectivity index (χ2n) is 2.57. The Kier molecular flexibility index (Phi) is 2.16. The average molecular weight is 231 g/mol. The maximum absolute atomic E-state index is 11.3. The van der Waals surface area contributed by atoms with Crippen molar-refractivity contribution >= 4 is 34.2 Å². The zero-order valence-electron chi connectivity index (χ0n) is 6.64. The number of alkyl halides is 1. The van der Waals surface area contributed by atoms with Gasteiger partial charge in [-0.3, -0.25) is 14.9 Å². The van der Waals surface area contributed by atoms with Crippen LogP contribution in [-0.2, 0) is 4.79 Å². The molecule has 0 saturated heterocycles. The van der Waals surface area contributed by atoms with E-state index in [4.69, 9.17) is 11.6 Å². The predicted octanol–water partition coefficient (Wildman–Crippen LogP) is 1.32. The number of rotatable bonds is 1. The molecule has 0 N–H and O–H groups in total. The van der Waals surface area contributed by atoms with Gasteiger partial charge in [0.1, 0.15) is 10.6 Å². The quantitative estimate of drug-likeness (QED) is 0.387. The standard InChI is InChI=1S/C7H3ClN2O3S/c8-6-5(10(12)13)4-3(11)1-2-9-7(4)14-6/h1-2,6H. The summed E-state index contributed by atoms with van der Waals surface area (Å²) in [6.07, 6.45) is 2.51. The Balaban J connectivity index is 2.59. The van der Waals surface area contributed by atoms with E-state index in [1.165, 1.54) is 12.3 Å². The van der Waals surface area contributed by atoms with Crippen LogP contribution in [0.15, 0.2) is 28.5 Å². The molecule has 0 fully saturated rings. The molecule has 0 spiro atoms. The molecule has 0 bridgehead atoms. The molecular formula is C7H3ClN2O3S. The van der Waals surface area contributed by atoms with Crippen molar-refractivity contribution in [3.8, 4) is 0 Å². The summed E-state index contributed by atoms with van der Waals surface area (Å²) in [6.45, 7) is 0. The molecule has 0 saturated carbocycles. The molecule has 72 valence electrons. The van der Waals surface area contributed by atoms with E-state index >= 15 is 0 Å². The summed E-state index contributed by atoms with van der Waals surface area (Å²) in [5, 5.41) is 11.0. The Morgan fingerprint density at radius 1 is 1.64 bits per heavy atom. The molecule has 2 rings (SSSR count). The van der Waals surface area contributed by atoms with Crippen LogP contribution in [0.2, 0.25) is 0 Å². The summed E-state index contributed by atoms with van der Waals surface area (Å²) in [5.74, 6) is -0.405. The first-order valence-electron chi connectivity index (χ1n) is 3.59. The van der Waals surface area contributed by atoms with E-state index in [-0.39, 0.29) is 11.3 Å². The molecule has 1 atom stereocenters. The van der Waals surface area contributed by atoms with E-state index in [1.807, 2.05) is 0 Å². The predicted molar refractivity (Wildman–Crippen MR) is 52.8 cm³/mol. The minimum Gasteiger partial charge on any atom is -0.289 e. The zero-order chi connectivity index (χ0) is 10.3. The number of hydrogen-bond acceptors (Lipinski definition) is 5. The molecular weight excluding hydrogens is 228 g/mol. The van der Waals surface area contributed by atoms with Crippen LogP contribution in [0.25, 0.3) is 0 Å². The Morgan fingerprint density at radius 2 is 2.36 bits per heavy atom. The highest BCUT2D eigenvalue weighted by Gasteiger charge is 2.42. The van der Waals surface area contributed by atoms with Crippen molar-refractivity contribution in [1.82, 2.24) is 0 Å². The van der Waals surface area contributed by atoms with Crippen LogP contribution in [0.1, 0.15) is 0 Å². The second kappa shape index (κ2) is 3.21. The van der Waals surface area contributed by atoms with E-state index in [9.17, 15) is 14.9 Å². The first kappa shape index (κ1) is 9.42. The average Bonchev–Trinajstić information content (AvgIpc) is 2.42. The highest BCUT2D eigenvalue weighted by atomic mass is 35.5. The Labute approximate surface area is 87.7 Å². The highest BCUT2D eigenvalue weighted by Crippen LogP contribution is 2.39. The Morgan fingerprint density at radius 3 is 3.00 bits per heavy atom. The van der Waals surface area contributed by atoms with E-state index < -0.39 is 15.4 Å². The lowest BCUT2D eigenvalue weighted by Gasteiger charge is -2.00. The van der Waals surface area contributed by atoms with Crippen molar-refractivity contribution in [2.45, 2.75) is 4.71 Å². The number of nitrogens with zero attached hydrogens (tertiary/aromatic N) is 2. The van der Waals surface area contributed by atoms with Gasteiger partial charge in [-0.2, -0.15) is 0 Å². The van der Waals surface area contributed by atoms with Crippen molar-refractivity contribution in [1.29, 1.82) is 0 Å². The van der Waals surface area contributed by atoms with Gasteiger partial charge in [-0.25, -0.2) is 4.99 Å². The summed E-state index contributed by atoms with van der Waals surface area (Å²) < 4.78 is -0.831. The van der Waals surface area contributed by atoms with Crippen LogP contribution in [0.4, 0.5) is 0 Å². The van der Waals surface area contributed by atoms with Gasteiger partial charge in [-0.15, -0.1) is 0 Å². The van der Waals surface area contributed by atoms with Gasteiger partial charge in [0.15, 0.2) is 10.5 Å². The van der Waals surface area contributed by atoms with Gasteiger partial charge in [0.2, 0.25) is 0 Å². The molecule has 2 aliphatic heterocycles. The van der Waals surface area contributed by atoms with E-state index in [1.54, 1.807) is 0 Å². The molecule has 0 aromatic heterocycles. The van der Waals surface area contributed by atoms with Gasteiger partial charge < -0.3 is 0 Å². The molecule has 2 aliphatic rings. The molecule has 0 aromatic rings. The van der Waals surface area contributed by atoms with Gasteiger partial charge in [0, 0.05) is 12.3 Å². The lowest BCUT2D eigenvalue weighted by Crippen LogP contribution is -2.13. The molecule has 0 amide bonds. The molecule has 7 heteroatoms. The zero-order valence-corrected chi connectivity index (χ0v) is 8.21. The third-order valence-corrected chi connectivity index (χ3v) is 3.20. The van der Waals surface area contributed by atoms with Crippen LogP contribution >= 0.6 is 23.4 Å². The third-order valence-electron chi connectivity index (χ3n) is 1.76. The normalized spacial score (nSPS) is 25.1. The fourth-order valence-electron chi connectivity index (χ4n) is 1.19. The maximum Gasteiger partial charge on any atom is 0.288 e. The largest absolute Gasteiger partial charge is 0.289 e. The molecule has 2 heterocycles. The number of hydrogen-bond donors (Lipinski definition) is 0. The van der Waals surface area contributed by atoms with Crippen molar-refractivity contribution in [3.63, 3.8) is 0 Å². The Bertz CT molecular complexity index is 427. The van der Waals surface area contributed by atoms with Crippen molar-refractivity contribution in [3.05, 3.63) is 33.7 Å². The molecule has 1 unspecified atom stereocenters. The van der Waals surface area contributed by atoms with Gasteiger partial charge in [-0.05, 0) is 0 Å². The first-order valence-corrected chi connectivity index (χ1v) is 4.91. The lowest BCUT2D eigenvalue weighted by molar-refractivity contribution is -0.425. The molecule has 0 aromatic carbocycles. The number of carbonyl (C=O) groups excluding carboxylic acids is 1. The summed E-state index contributed by atoms with van der Waals surface area (Å²) >= 11 is 6.73. The van der Waals surface area contributed by atoms with Crippen LogP contribution in [0.3, 0.4) is 0 Å². The van der Waals surface area contributed by atoms with Crippen LogP contribution < -0.4 is 0 Å². The van der Waals surface area contributed by atoms with Crippen molar-refractivity contribution < 1.29 is 9.72 Å². The number of fused-ring (bicyclic) bond motifs is 1. The molecule has 0 radical (unpaired) electrons. The number of thioether (sulfide) groups is 1. The molecule has 0 aliphatic carbocycles. The summed E-state index contributed by atoms with van der Waals surface area (Å²) in [5.41, 5.74) is -0.229. The highest BCUT2D eigenvalue weighted by molar-refractivity contribution is 8.16. The van der Waals surface area contributed by atoms with Crippen LogP contribution in [-0.4, -0.2) is 20.5 Å². The summed E-state index contributed by atoms with van der Waals surface area (Å²) in [6, 6.07) is 0. The summed E-state index contributed by atoms with van der Waals surface area (Å²) in [7, 11) is 0. The smallest absolute Gasteiger partial charge is 0.288 e. The number of aliphatic imine (C=N–C) groups is 1. The number of ketones is 1. The summed E-state index contributed by atoms with van der Waals surface area (Å²) in [4.78, 5) is 25.2. The molecule has 14 heavy (non-hydrogen) atoms. The Hall–Kier alpha value is -1.14. The van der Waals surface area contributed by atoms with Gasteiger partial charge in [0.05, 0.1) is 4.92 Å². The minimum absolute atomic E-state index is 0.0301. The SMILES string of the molecule is O=C1C=CN=C2SC(Cl)C([N+](=O)[O-])=C12. The molecule has 5 nitrogen and oxygen atoms in total. The second-order valence-corrected chi connectivity index (χ2v) is 4.35. The van der Waals surface area contributed by atoms with Crippen molar-refractivity contribution in [2.75, 3.05) is 0 Å². The van der Waals surface area contributed by atoms with Gasteiger partial charge in [0.25, 0.3) is 5.70 Å². The number of carbonyl (C=O) groups is 1. The van der Waals surface area contributed by atoms with E-state index in [0.29, 0.717) is 5.04 Å². The first-order chi connectivity index (χ1) is 6.61. The number of halogens is 1.